The number of rotatable bonds is 6. The number of benzene rings is 2. The topological polar surface area (TPSA) is 73.9 Å². The van der Waals surface area contributed by atoms with E-state index >= 15 is 0 Å². The van der Waals surface area contributed by atoms with E-state index in [0.29, 0.717) is 22.6 Å². The van der Waals surface area contributed by atoms with Gasteiger partial charge in [-0.2, -0.15) is 0 Å². The Labute approximate surface area is 169 Å². The van der Waals surface area contributed by atoms with E-state index in [0.717, 1.165) is 3.57 Å². The van der Waals surface area contributed by atoms with E-state index in [2.05, 4.69) is 34.5 Å². The standard InChI is InChI=1S/C20H16INO5/c1-2-9-25-20(24)16(22-19(23)14-5-3-4-6-15(14)21)10-13-7-8-17-18(11-13)27-12-26-17/h2-8,10-11H,1,9,12H2,(H,22,23)/b16-10+. The number of ether oxygens (including phenoxy) is 3. The van der Waals surface area contributed by atoms with Gasteiger partial charge in [-0.1, -0.05) is 30.9 Å². The molecule has 0 spiro atoms. The summed E-state index contributed by atoms with van der Waals surface area (Å²) < 4.78 is 16.5. The molecule has 0 aromatic heterocycles. The highest BCUT2D eigenvalue weighted by atomic mass is 127. The Morgan fingerprint density at radius 2 is 1.96 bits per heavy atom. The third-order valence-electron chi connectivity index (χ3n) is 3.63. The molecule has 0 radical (unpaired) electrons. The summed E-state index contributed by atoms with van der Waals surface area (Å²) in [5.74, 6) is 0.145. The van der Waals surface area contributed by atoms with Crippen LogP contribution in [0.1, 0.15) is 15.9 Å². The molecule has 27 heavy (non-hydrogen) atoms. The molecule has 0 aliphatic carbocycles. The Hall–Kier alpha value is -2.81. The van der Waals surface area contributed by atoms with Gasteiger partial charge in [0.1, 0.15) is 12.3 Å². The van der Waals surface area contributed by atoms with E-state index in [4.69, 9.17) is 14.2 Å². The minimum absolute atomic E-state index is 0.0142. The monoisotopic (exact) mass is 477 g/mol. The zero-order chi connectivity index (χ0) is 19.2. The Balaban J connectivity index is 1.88. The molecule has 1 heterocycles. The van der Waals surface area contributed by atoms with Crippen molar-refractivity contribution in [1.29, 1.82) is 0 Å². The summed E-state index contributed by atoms with van der Waals surface area (Å²) in [4.78, 5) is 25.0. The molecule has 0 atom stereocenters. The van der Waals surface area contributed by atoms with Crippen molar-refractivity contribution in [1.82, 2.24) is 5.32 Å². The van der Waals surface area contributed by atoms with Gasteiger partial charge in [0.25, 0.3) is 5.91 Å². The Bertz CT molecular complexity index is 922. The zero-order valence-corrected chi connectivity index (χ0v) is 16.4. The van der Waals surface area contributed by atoms with Crippen molar-refractivity contribution in [2.75, 3.05) is 13.4 Å². The van der Waals surface area contributed by atoms with E-state index in [1.807, 2.05) is 12.1 Å². The highest BCUT2D eigenvalue weighted by Crippen LogP contribution is 2.33. The van der Waals surface area contributed by atoms with Gasteiger partial charge in [-0.15, -0.1) is 0 Å². The normalized spacial score (nSPS) is 12.4. The summed E-state index contributed by atoms with van der Waals surface area (Å²) in [5.41, 5.74) is 1.14. The number of esters is 1. The van der Waals surface area contributed by atoms with Gasteiger partial charge in [-0.25, -0.2) is 4.79 Å². The number of nitrogens with one attached hydrogen (secondary N) is 1. The predicted octanol–water partition coefficient (Wildman–Crippen LogP) is 3.52. The van der Waals surface area contributed by atoms with Gasteiger partial charge in [0.05, 0.1) is 5.56 Å². The molecule has 0 saturated carbocycles. The minimum Gasteiger partial charge on any atom is -0.457 e. The molecule has 0 unspecified atom stereocenters. The van der Waals surface area contributed by atoms with Crippen molar-refractivity contribution in [3.05, 3.63) is 75.5 Å². The first-order valence-electron chi connectivity index (χ1n) is 8.03. The van der Waals surface area contributed by atoms with Crippen LogP contribution in [0.25, 0.3) is 6.08 Å². The first-order valence-corrected chi connectivity index (χ1v) is 9.11. The van der Waals surface area contributed by atoms with Crippen LogP contribution >= 0.6 is 22.6 Å². The van der Waals surface area contributed by atoms with E-state index in [-0.39, 0.29) is 19.1 Å². The maximum absolute atomic E-state index is 12.6. The lowest BCUT2D eigenvalue weighted by Gasteiger charge is -2.11. The first-order chi connectivity index (χ1) is 13.1. The largest absolute Gasteiger partial charge is 0.457 e. The van der Waals surface area contributed by atoms with Gasteiger partial charge in [0, 0.05) is 3.57 Å². The summed E-state index contributed by atoms with van der Waals surface area (Å²) in [6.45, 7) is 3.71. The highest BCUT2D eigenvalue weighted by Gasteiger charge is 2.18. The quantitative estimate of drug-likeness (QED) is 0.299. The number of fused-ring (bicyclic) bond motifs is 1. The Morgan fingerprint density at radius 1 is 1.19 bits per heavy atom. The van der Waals surface area contributed by atoms with Gasteiger partial charge >= 0.3 is 5.97 Å². The fourth-order valence-electron chi connectivity index (χ4n) is 2.36. The molecule has 3 rings (SSSR count). The molecule has 2 aromatic rings. The Kier molecular flexibility index (Phi) is 6.12. The van der Waals surface area contributed by atoms with Crippen molar-refractivity contribution < 1.29 is 23.8 Å². The summed E-state index contributed by atoms with van der Waals surface area (Å²) in [5, 5.41) is 2.64. The second-order valence-electron chi connectivity index (χ2n) is 5.49. The van der Waals surface area contributed by atoms with E-state index in [9.17, 15) is 9.59 Å². The molecule has 1 amide bonds. The molecule has 6 nitrogen and oxygen atoms in total. The second-order valence-corrected chi connectivity index (χ2v) is 6.65. The number of hydrogen-bond acceptors (Lipinski definition) is 5. The van der Waals surface area contributed by atoms with Crippen LogP contribution in [0.15, 0.2) is 60.8 Å². The zero-order valence-electron chi connectivity index (χ0n) is 14.2. The predicted molar refractivity (Wildman–Crippen MR) is 108 cm³/mol. The summed E-state index contributed by atoms with van der Waals surface area (Å²) in [6, 6.07) is 12.3. The maximum Gasteiger partial charge on any atom is 0.355 e. The van der Waals surface area contributed by atoms with Crippen LogP contribution < -0.4 is 14.8 Å². The fourth-order valence-corrected chi connectivity index (χ4v) is 3.00. The van der Waals surface area contributed by atoms with Gasteiger partial charge < -0.3 is 19.5 Å². The van der Waals surface area contributed by atoms with Crippen LogP contribution in [-0.2, 0) is 9.53 Å². The van der Waals surface area contributed by atoms with Crippen LogP contribution in [0, 0.1) is 3.57 Å². The average Bonchev–Trinajstić information content (AvgIpc) is 3.13. The lowest BCUT2D eigenvalue weighted by atomic mass is 10.1. The fraction of sp³-hybridized carbons (Fsp3) is 0.100. The molecule has 138 valence electrons. The van der Waals surface area contributed by atoms with Crippen molar-refractivity contribution >= 4 is 40.5 Å². The van der Waals surface area contributed by atoms with Gasteiger partial charge in [-0.05, 0) is 58.5 Å². The summed E-state index contributed by atoms with van der Waals surface area (Å²) >= 11 is 2.07. The van der Waals surface area contributed by atoms with Crippen molar-refractivity contribution in [2.45, 2.75) is 0 Å². The van der Waals surface area contributed by atoms with Crippen molar-refractivity contribution in [3.8, 4) is 11.5 Å². The second kappa shape index (κ2) is 8.72. The van der Waals surface area contributed by atoms with Crippen LogP contribution in [0.4, 0.5) is 0 Å². The maximum atomic E-state index is 12.6. The van der Waals surface area contributed by atoms with E-state index < -0.39 is 11.9 Å². The lowest BCUT2D eigenvalue weighted by molar-refractivity contribution is -0.138. The molecule has 0 bridgehead atoms. The van der Waals surface area contributed by atoms with Crippen LogP contribution in [0.5, 0.6) is 11.5 Å². The van der Waals surface area contributed by atoms with Gasteiger partial charge in [0.2, 0.25) is 6.79 Å². The van der Waals surface area contributed by atoms with Crippen LogP contribution in [0.2, 0.25) is 0 Å². The third kappa shape index (κ3) is 4.68. The molecule has 2 aromatic carbocycles. The molecular weight excluding hydrogens is 461 g/mol. The molecule has 1 aliphatic rings. The van der Waals surface area contributed by atoms with Crippen molar-refractivity contribution in [3.63, 3.8) is 0 Å². The van der Waals surface area contributed by atoms with Crippen LogP contribution in [-0.4, -0.2) is 25.3 Å². The highest BCUT2D eigenvalue weighted by molar-refractivity contribution is 14.1. The molecular formula is C20H16INO5. The number of amides is 1. The van der Waals surface area contributed by atoms with Gasteiger partial charge in [0.15, 0.2) is 11.5 Å². The van der Waals surface area contributed by atoms with Crippen molar-refractivity contribution in [2.24, 2.45) is 0 Å². The molecule has 1 aliphatic heterocycles. The lowest BCUT2D eigenvalue weighted by Crippen LogP contribution is -2.29. The molecule has 1 N–H and O–H groups in total. The van der Waals surface area contributed by atoms with E-state index in [1.165, 1.54) is 12.2 Å². The minimum atomic E-state index is -0.660. The SMILES string of the molecule is C=CCOC(=O)/C(=C\c1ccc2c(c1)OCO2)NC(=O)c1ccccc1I. The average molecular weight is 477 g/mol. The number of carbonyl (C=O) groups excluding carboxylic acids is 2. The molecule has 0 saturated heterocycles. The summed E-state index contributed by atoms with van der Waals surface area (Å²) in [6.07, 6.45) is 2.99. The summed E-state index contributed by atoms with van der Waals surface area (Å²) in [7, 11) is 0. The first kappa shape index (κ1) is 19.0. The molecule has 0 fully saturated rings. The number of hydrogen-bond donors (Lipinski definition) is 1. The number of halogens is 1. The Morgan fingerprint density at radius 3 is 2.74 bits per heavy atom. The van der Waals surface area contributed by atoms with Gasteiger partial charge in [-0.3, -0.25) is 4.79 Å². The molecule has 7 heteroatoms. The smallest absolute Gasteiger partial charge is 0.355 e. The number of carbonyl (C=O) groups is 2. The van der Waals surface area contributed by atoms with Crippen LogP contribution in [0.3, 0.4) is 0 Å². The third-order valence-corrected chi connectivity index (χ3v) is 4.57. The van der Waals surface area contributed by atoms with E-state index in [1.54, 1.807) is 30.3 Å².